The Bertz CT molecular complexity index is 366. The predicted octanol–water partition coefficient (Wildman–Crippen LogP) is 3.68. The van der Waals surface area contributed by atoms with Gasteiger partial charge in [0.05, 0.1) is 10.6 Å². The number of aliphatic hydroxyl groups excluding tert-OH is 1. The average Bonchev–Trinajstić information content (AvgIpc) is 2.17. The minimum absolute atomic E-state index is 0.0401. The standard InChI is InChI=1S/C12H15BrF2O/c1-7(5-8(2)16)6-9-11(14)4-3-10(13)12(9)15/h3-4,7-8,16H,5-6H2,1-2H3. The summed E-state index contributed by atoms with van der Waals surface area (Å²) < 4.78 is 27.3. The molecule has 90 valence electrons. The molecule has 0 radical (unpaired) electrons. The highest BCUT2D eigenvalue weighted by atomic mass is 79.9. The maximum absolute atomic E-state index is 13.6. The van der Waals surface area contributed by atoms with Crippen LogP contribution in [0.5, 0.6) is 0 Å². The van der Waals surface area contributed by atoms with Gasteiger partial charge in [-0.3, -0.25) is 0 Å². The van der Waals surface area contributed by atoms with E-state index in [0.717, 1.165) is 0 Å². The van der Waals surface area contributed by atoms with Gasteiger partial charge in [-0.15, -0.1) is 0 Å². The molecule has 0 aromatic heterocycles. The molecule has 0 heterocycles. The Balaban J connectivity index is 2.84. The van der Waals surface area contributed by atoms with E-state index >= 15 is 0 Å². The smallest absolute Gasteiger partial charge is 0.143 e. The summed E-state index contributed by atoms with van der Waals surface area (Å²) in [7, 11) is 0. The number of rotatable bonds is 4. The fraction of sp³-hybridized carbons (Fsp3) is 0.500. The van der Waals surface area contributed by atoms with Gasteiger partial charge in [-0.25, -0.2) is 8.78 Å². The summed E-state index contributed by atoms with van der Waals surface area (Å²) in [5.74, 6) is -1.03. The van der Waals surface area contributed by atoms with Gasteiger partial charge in [-0.2, -0.15) is 0 Å². The maximum atomic E-state index is 13.6. The molecule has 2 atom stereocenters. The minimum Gasteiger partial charge on any atom is -0.393 e. The van der Waals surface area contributed by atoms with Crippen molar-refractivity contribution in [3.05, 3.63) is 33.8 Å². The highest BCUT2D eigenvalue weighted by Gasteiger charge is 2.16. The molecule has 0 aliphatic carbocycles. The number of benzene rings is 1. The van der Waals surface area contributed by atoms with Gasteiger partial charge in [0.1, 0.15) is 11.6 Å². The second kappa shape index (κ2) is 5.73. The third-order valence-electron chi connectivity index (χ3n) is 2.43. The number of hydrogen-bond donors (Lipinski definition) is 1. The van der Waals surface area contributed by atoms with Gasteiger partial charge in [-0.05, 0) is 53.7 Å². The molecule has 1 aromatic carbocycles. The SMILES string of the molecule is CC(O)CC(C)Cc1c(F)ccc(Br)c1F. The highest BCUT2D eigenvalue weighted by molar-refractivity contribution is 9.10. The van der Waals surface area contributed by atoms with Crippen LogP contribution in [-0.2, 0) is 6.42 Å². The Morgan fingerprint density at radius 2 is 1.94 bits per heavy atom. The Hall–Kier alpha value is -0.480. The van der Waals surface area contributed by atoms with Crippen LogP contribution in [0.2, 0.25) is 0 Å². The Kier molecular flexibility index (Phi) is 4.87. The van der Waals surface area contributed by atoms with Crippen molar-refractivity contribution in [1.29, 1.82) is 0 Å². The second-order valence-corrected chi connectivity index (χ2v) is 5.07. The summed E-state index contributed by atoms with van der Waals surface area (Å²) in [6.45, 7) is 3.54. The van der Waals surface area contributed by atoms with Crippen molar-refractivity contribution in [3.8, 4) is 0 Å². The van der Waals surface area contributed by atoms with Gasteiger partial charge >= 0.3 is 0 Å². The third kappa shape index (κ3) is 3.52. The fourth-order valence-electron chi connectivity index (χ4n) is 1.77. The first-order valence-corrected chi connectivity index (χ1v) is 6.01. The Morgan fingerprint density at radius 1 is 1.31 bits per heavy atom. The van der Waals surface area contributed by atoms with Crippen LogP contribution in [-0.4, -0.2) is 11.2 Å². The molecule has 0 amide bonds. The van der Waals surface area contributed by atoms with Gasteiger partial charge in [0.2, 0.25) is 0 Å². The van der Waals surface area contributed by atoms with Gasteiger partial charge < -0.3 is 5.11 Å². The molecule has 0 aliphatic rings. The molecule has 1 N–H and O–H groups in total. The zero-order valence-electron chi connectivity index (χ0n) is 9.30. The van der Waals surface area contributed by atoms with Crippen LogP contribution >= 0.6 is 15.9 Å². The molecule has 0 aliphatic heterocycles. The van der Waals surface area contributed by atoms with E-state index < -0.39 is 17.7 Å². The number of aliphatic hydroxyl groups is 1. The monoisotopic (exact) mass is 292 g/mol. The normalized spacial score (nSPS) is 14.9. The number of halogens is 3. The summed E-state index contributed by atoms with van der Waals surface area (Å²) >= 11 is 3.03. The van der Waals surface area contributed by atoms with E-state index in [-0.39, 0.29) is 16.0 Å². The van der Waals surface area contributed by atoms with Gasteiger partial charge in [0.15, 0.2) is 0 Å². The first-order valence-electron chi connectivity index (χ1n) is 5.22. The van der Waals surface area contributed by atoms with Crippen LogP contribution in [0.25, 0.3) is 0 Å². The van der Waals surface area contributed by atoms with Crippen molar-refractivity contribution >= 4 is 15.9 Å². The summed E-state index contributed by atoms with van der Waals surface area (Å²) in [6.07, 6.45) is 0.376. The molecule has 16 heavy (non-hydrogen) atoms. The molecule has 1 rings (SSSR count). The lowest BCUT2D eigenvalue weighted by atomic mass is 9.95. The van der Waals surface area contributed by atoms with Crippen molar-refractivity contribution in [2.45, 2.75) is 32.8 Å². The van der Waals surface area contributed by atoms with Crippen LogP contribution < -0.4 is 0 Å². The minimum atomic E-state index is -0.544. The van der Waals surface area contributed by atoms with E-state index in [1.54, 1.807) is 6.92 Å². The van der Waals surface area contributed by atoms with E-state index in [1.807, 2.05) is 6.92 Å². The molecule has 0 bridgehead atoms. The summed E-state index contributed by atoms with van der Waals surface area (Å²) in [4.78, 5) is 0. The van der Waals surface area contributed by atoms with Gasteiger partial charge in [0, 0.05) is 5.56 Å². The van der Waals surface area contributed by atoms with Crippen LogP contribution in [0, 0.1) is 17.6 Å². The molecular weight excluding hydrogens is 278 g/mol. The van der Waals surface area contributed by atoms with Crippen LogP contribution in [0.3, 0.4) is 0 Å². The lowest BCUT2D eigenvalue weighted by Crippen LogP contribution is -2.11. The van der Waals surface area contributed by atoms with Crippen molar-refractivity contribution < 1.29 is 13.9 Å². The molecule has 0 spiro atoms. The lowest BCUT2D eigenvalue weighted by molar-refractivity contribution is 0.163. The van der Waals surface area contributed by atoms with Gasteiger partial charge in [0.25, 0.3) is 0 Å². The molecule has 1 nitrogen and oxygen atoms in total. The van der Waals surface area contributed by atoms with E-state index in [4.69, 9.17) is 0 Å². The highest BCUT2D eigenvalue weighted by Crippen LogP contribution is 2.25. The molecule has 2 unspecified atom stereocenters. The lowest BCUT2D eigenvalue weighted by Gasteiger charge is -2.14. The van der Waals surface area contributed by atoms with Crippen molar-refractivity contribution in [2.75, 3.05) is 0 Å². The van der Waals surface area contributed by atoms with Crippen LogP contribution in [0.15, 0.2) is 16.6 Å². The molecule has 0 saturated carbocycles. The van der Waals surface area contributed by atoms with E-state index in [9.17, 15) is 13.9 Å². The summed E-state index contributed by atoms with van der Waals surface area (Å²) in [5.41, 5.74) is 0.0857. The zero-order valence-corrected chi connectivity index (χ0v) is 10.9. The first-order chi connectivity index (χ1) is 7.41. The molecule has 0 fully saturated rings. The Morgan fingerprint density at radius 3 is 2.50 bits per heavy atom. The predicted molar refractivity (Wildman–Crippen MR) is 63.2 cm³/mol. The largest absolute Gasteiger partial charge is 0.393 e. The van der Waals surface area contributed by atoms with Crippen molar-refractivity contribution in [1.82, 2.24) is 0 Å². The Labute approximate surface area is 103 Å². The molecule has 0 saturated heterocycles. The molecule has 4 heteroatoms. The van der Waals surface area contributed by atoms with Gasteiger partial charge in [-0.1, -0.05) is 6.92 Å². The fourth-order valence-corrected chi connectivity index (χ4v) is 2.14. The third-order valence-corrected chi connectivity index (χ3v) is 3.05. The molecular formula is C12H15BrF2O. The summed E-state index contributed by atoms with van der Waals surface area (Å²) in [6, 6.07) is 2.60. The van der Waals surface area contributed by atoms with E-state index in [1.165, 1.54) is 12.1 Å². The topological polar surface area (TPSA) is 20.2 Å². The number of hydrogen-bond acceptors (Lipinski definition) is 1. The molecule has 1 aromatic rings. The van der Waals surface area contributed by atoms with Crippen LogP contribution in [0.1, 0.15) is 25.8 Å². The quantitative estimate of drug-likeness (QED) is 0.840. The maximum Gasteiger partial charge on any atom is 0.143 e. The zero-order chi connectivity index (χ0) is 12.3. The van der Waals surface area contributed by atoms with Crippen molar-refractivity contribution in [2.24, 2.45) is 5.92 Å². The first kappa shape index (κ1) is 13.6. The second-order valence-electron chi connectivity index (χ2n) is 4.22. The van der Waals surface area contributed by atoms with Crippen molar-refractivity contribution in [3.63, 3.8) is 0 Å². The van der Waals surface area contributed by atoms with Crippen LogP contribution in [0.4, 0.5) is 8.78 Å². The average molecular weight is 293 g/mol. The van der Waals surface area contributed by atoms with E-state index in [0.29, 0.717) is 12.8 Å². The van der Waals surface area contributed by atoms with E-state index in [2.05, 4.69) is 15.9 Å². The summed E-state index contributed by atoms with van der Waals surface area (Å²) in [5, 5.41) is 9.20.